The number of hydrogen-bond acceptors (Lipinski definition) is 4. The van der Waals surface area contributed by atoms with Crippen LogP contribution in [0.3, 0.4) is 0 Å². The van der Waals surface area contributed by atoms with Crippen molar-refractivity contribution in [2.45, 2.75) is 13.1 Å². The normalized spacial score (nSPS) is 10.8. The fraction of sp³-hybridized carbons (Fsp3) is 0.385. The van der Waals surface area contributed by atoms with Gasteiger partial charge in [0.1, 0.15) is 0 Å². The highest BCUT2D eigenvalue weighted by Crippen LogP contribution is 2.15. The summed E-state index contributed by atoms with van der Waals surface area (Å²) in [7, 11) is 1.68. The van der Waals surface area contributed by atoms with E-state index in [1.54, 1.807) is 11.8 Å². The summed E-state index contributed by atoms with van der Waals surface area (Å²) in [5.41, 5.74) is 1.94. The number of nitrogens with zero attached hydrogens (tertiary/aromatic N) is 3. The lowest BCUT2D eigenvalue weighted by atomic mass is 10.2. The van der Waals surface area contributed by atoms with Gasteiger partial charge in [-0.1, -0.05) is 35.0 Å². The standard InChI is InChI=1S/C13H17ClN4O/c1-19-7-6-15-8-12-10-18(17-16-12)9-11-4-2-3-5-13(11)14/h2-5,10,15H,6-9H2,1H3. The second-order valence-corrected chi connectivity index (χ2v) is 4.58. The van der Waals surface area contributed by atoms with E-state index in [1.165, 1.54) is 0 Å². The van der Waals surface area contributed by atoms with Crippen LogP contribution in [-0.4, -0.2) is 35.3 Å². The van der Waals surface area contributed by atoms with Crippen molar-refractivity contribution in [2.75, 3.05) is 20.3 Å². The summed E-state index contributed by atoms with van der Waals surface area (Å²) >= 11 is 6.11. The minimum absolute atomic E-state index is 0.630. The highest BCUT2D eigenvalue weighted by molar-refractivity contribution is 6.31. The number of rotatable bonds is 7. The maximum Gasteiger partial charge on any atom is 0.0964 e. The quantitative estimate of drug-likeness (QED) is 0.785. The first kappa shape index (κ1) is 14.0. The van der Waals surface area contributed by atoms with Crippen LogP contribution in [0.1, 0.15) is 11.3 Å². The third kappa shape index (κ3) is 4.31. The molecule has 0 spiro atoms. The Balaban J connectivity index is 1.89. The van der Waals surface area contributed by atoms with Gasteiger partial charge in [0, 0.05) is 25.2 Å². The maximum atomic E-state index is 6.11. The van der Waals surface area contributed by atoms with Crippen LogP contribution >= 0.6 is 11.6 Å². The zero-order valence-electron chi connectivity index (χ0n) is 10.8. The third-order valence-electron chi connectivity index (χ3n) is 2.67. The molecule has 19 heavy (non-hydrogen) atoms. The summed E-state index contributed by atoms with van der Waals surface area (Å²) in [5.74, 6) is 0. The Labute approximate surface area is 117 Å². The molecule has 0 atom stereocenters. The molecule has 0 aliphatic rings. The molecule has 2 aromatic rings. The molecular weight excluding hydrogens is 264 g/mol. The summed E-state index contributed by atoms with van der Waals surface area (Å²) in [4.78, 5) is 0. The summed E-state index contributed by atoms with van der Waals surface area (Å²) in [6.45, 7) is 2.80. The Kier molecular flexibility index (Phi) is 5.32. The third-order valence-corrected chi connectivity index (χ3v) is 3.03. The maximum absolute atomic E-state index is 6.11. The number of halogens is 1. The van der Waals surface area contributed by atoms with Crippen LogP contribution in [-0.2, 0) is 17.8 Å². The molecule has 1 heterocycles. The summed E-state index contributed by atoms with van der Waals surface area (Å²) < 4.78 is 6.75. The van der Waals surface area contributed by atoms with Crippen molar-refractivity contribution in [1.29, 1.82) is 0 Å². The molecule has 0 radical (unpaired) electrons. The monoisotopic (exact) mass is 280 g/mol. The lowest BCUT2D eigenvalue weighted by Crippen LogP contribution is -2.18. The van der Waals surface area contributed by atoms with Gasteiger partial charge in [0.2, 0.25) is 0 Å². The van der Waals surface area contributed by atoms with Crippen LogP contribution in [0.2, 0.25) is 5.02 Å². The van der Waals surface area contributed by atoms with Crippen molar-refractivity contribution in [3.8, 4) is 0 Å². The average Bonchev–Trinajstić information content (AvgIpc) is 2.85. The molecule has 0 aliphatic heterocycles. The van der Waals surface area contributed by atoms with Crippen molar-refractivity contribution in [3.63, 3.8) is 0 Å². The zero-order valence-corrected chi connectivity index (χ0v) is 11.6. The van der Waals surface area contributed by atoms with Gasteiger partial charge in [0.05, 0.1) is 25.0 Å². The molecule has 1 aromatic carbocycles. The predicted octanol–water partition coefficient (Wildman–Crippen LogP) is 1.72. The van der Waals surface area contributed by atoms with Crippen molar-refractivity contribution in [2.24, 2.45) is 0 Å². The first-order valence-corrected chi connectivity index (χ1v) is 6.49. The molecule has 102 valence electrons. The van der Waals surface area contributed by atoms with E-state index < -0.39 is 0 Å². The fourth-order valence-corrected chi connectivity index (χ4v) is 1.88. The van der Waals surface area contributed by atoms with Gasteiger partial charge >= 0.3 is 0 Å². The molecule has 2 rings (SSSR count). The molecule has 0 saturated heterocycles. The molecule has 0 unspecified atom stereocenters. The van der Waals surface area contributed by atoms with Crippen LogP contribution in [0.25, 0.3) is 0 Å². The van der Waals surface area contributed by atoms with E-state index in [-0.39, 0.29) is 0 Å². The first-order valence-electron chi connectivity index (χ1n) is 6.11. The molecule has 0 bridgehead atoms. The smallest absolute Gasteiger partial charge is 0.0964 e. The number of hydrogen-bond donors (Lipinski definition) is 1. The van der Waals surface area contributed by atoms with Gasteiger partial charge in [-0.2, -0.15) is 0 Å². The van der Waals surface area contributed by atoms with Crippen molar-refractivity contribution in [3.05, 3.63) is 46.7 Å². The molecule has 0 aliphatic carbocycles. The summed E-state index contributed by atoms with van der Waals surface area (Å²) in [6, 6.07) is 7.74. The number of benzene rings is 1. The van der Waals surface area contributed by atoms with Crippen molar-refractivity contribution >= 4 is 11.6 Å². The molecule has 6 heteroatoms. The van der Waals surface area contributed by atoms with Gasteiger partial charge in [0.25, 0.3) is 0 Å². The SMILES string of the molecule is COCCNCc1cn(Cc2ccccc2Cl)nn1. The first-order chi connectivity index (χ1) is 9.29. The lowest BCUT2D eigenvalue weighted by molar-refractivity contribution is 0.199. The Morgan fingerprint density at radius 2 is 2.21 bits per heavy atom. The second kappa shape index (κ2) is 7.23. The molecule has 1 N–H and O–H groups in total. The van der Waals surface area contributed by atoms with Gasteiger partial charge in [-0.05, 0) is 11.6 Å². The van der Waals surface area contributed by atoms with E-state index in [0.717, 1.165) is 22.8 Å². The highest BCUT2D eigenvalue weighted by atomic mass is 35.5. The summed E-state index contributed by atoms with van der Waals surface area (Å²) in [6.07, 6.45) is 1.92. The Hall–Kier alpha value is -1.43. The Morgan fingerprint density at radius 1 is 1.37 bits per heavy atom. The summed E-state index contributed by atoms with van der Waals surface area (Å²) in [5, 5.41) is 12.2. The van der Waals surface area contributed by atoms with Crippen molar-refractivity contribution < 1.29 is 4.74 Å². The van der Waals surface area contributed by atoms with E-state index >= 15 is 0 Å². The van der Waals surface area contributed by atoms with Gasteiger partial charge in [-0.3, -0.25) is 0 Å². The Bertz CT molecular complexity index is 515. The largest absolute Gasteiger partial charge is 0.383 e. The zero-order chi connectivity index (χ0) is 13.5. The van der Waals surface area contributed by atoms with Crippen LogP contribution in [0, 0.1) is 0 Å². The van der Waals surface area contributed by atoms with E-state index in [0.29, 0.717) is 19.7 Å². The van der Waals surface area contributed by atoms with E-state index in [9.17, 15) is 0 Å². The average molecular weight is 281 g/mol. The number of nitrogens with one attached hydrogen (secondary N) is 1. The highest BCUT2D eigenvalue weighted by Gasteiger charge is 2.03. The van der Waals surface area contributed by atoms with Crippen LogP contribution in [0.15, 0.2) is 30.5 Å². The Morgan fingerprint density at radius 3 is 3.00 bits per heavy atom. The minimum atomic E-state index is 0.630. The molecule has 0 fully saturated rings. The van der Waals surface area contributed by atoms with Crippen LogP contribution in [0.4, 0.5) is 0 Å². The predicted molar refractivity (Wildman–Crippen MR) is 74.2 cm³/mol. The van der Waals surface area contributed by atoms with E-state index in [2.05, 4.69) is 15.6 Å². The molecule has 1 aromatic heterocycles. The molecule has 0 saturated carbocycles. The lowest BCUT2D eigenvalue weighted by Gasteiger charge is -2.03. The fourth-order valence-electron chi connectivity index (χ4n) is 1.69. The molecule has 0 amide bonds. The van der Waals surface area contributed by atoms with Gasteiger partial charge in [-0.15, -0.1) is 5.10 Å². The van der Waals surface area contributed by atoms with Crippen molar-refractivity contribution in [1.82, 2.24) is 20.3 Å². The van der Waals surface area contributed by atoms with Gasteiger partial charge in [-0.25, -0.2) is 4.68 Å². The topological polar surface area (TPSA) is 52.0 Å². The number of ether oxygens (including phenoxy) is 1. The minimum Gasteiger partial charge on any atom is -0.383 e. The van der Waals surface area contributed by atoms with Gasteiger partial charge in [0.15, 0.2) is 0 Å². The molecule has 5 nitrogen and oxygen atoms in total. The second-order valence-electron chi connectivity index (χ2n) is 4.17. The number of aromatic nitrogens is 3. The van der Waals surface area contributed by atoms with Crippen LogP contribution in [0.5, 0.6) is 0 Å². The van der Waals surface area contributed by atoms with E-state index in [4.69, 9.17) is 16.3 Å². The van der Waals surface area contributed by atoms with Crippen LogP contribution < -0.4 is 5.32 Å². The molecular formula is C13H17ClN4O. The van der Waals surface area contributed by atoms with E-state index in [1.807, 2.05) is 30.5 Å². The van der Waals surface area contributed by atoms with Gasteiger partial charge < -0.3 is 10.1 Å². The number of methoxy groups -OCH3 is 1.